The van der Waals surface area contributed by atoms with Crippen LogP contribution in [0.15, 0.2) is 18.2 Å². The summed E-state index contributed by atoms with van der Waals surface area (Å²) in [4.78, 5) is 0. The molecule has 1 aromatic carbocycles. The molecule has 3 atom stereocenters. The summed E-state index contributed by atoms with van der Waals surface area (Å²) < 4.78 is 10.6. The van der Waals surface area contributed by atoms with Crippen LogP contribution in [0.1, 0.15) is 45.6 Å². The van der Waals surface area contributed by atoms with Crippen LogP contribution in [0.5, 0.6) is 11.5 Å². The maximum atomic E-state index is 10.4. The van der Waals surface area contributed by atoms with Crippen LogP contribution in [0.4, 0.5) is 0 Å². The van der Waals surface area contributed by atoms with Gasteiger partial charge in [0.05, 0.1) is 20.3 Å². The van der Waals surface area contributed by atoms with E-state index in [0.717, 1.165) is 36.4 Å². The van der Waals surface area contributed by atoms with Crippen LogP contribution in [0.3, 0.4) is 0 Å². The van der Waals surface area contributed by atoms with Gasteiger partial charge in [-0.3, -0.25) is 0 Å². The summed E-state index contributed by atoms with van der Waals surface area (Å²) in [6.45, 7) is 7.35. The zero-order chi connectivity index (χ0) is 17.0. The number of hydrogen-bond acceptors (Lipinski definition) is 4. The average molecular weight is 321 g/mol. The molecule has 0 amide bonds. The van der Waals surface area contributed by atoms with Crippen molar-refractivity contribution in [1.82, 2.24) is 5.32 Å². The minimum atomic E-state index is -0.216. The van der Waals surface area contributed by atoms with E-state index in [1.165, 1.54) is 6.42 Å². The standard InChI is InChI=1S/C19H31NO3/c1-13-6-8-15(16(21)10-13)19(2,3)20-12-14-7-9-17(22-4)18(11-14)23-5/h7,9,11,13,15-16,20-21H,6,8,10,12H2,1-5H3/t13-,15-,16-/m1/s1. The summed E-state index contributed by atoms with van der Waals surface area (Å²) in [7, 11) is 3.29. The van der Waals surface area contributed by atoms with Crippen molar-refractivity contribution in [2.45, 2.75) is 58.2 Å². The monoisotopic (exact) mass is 321 g/mol. The smallest absolute Gasteiger partial charge is 0.161 e. The molecule has 2 N–H and O–H groups in total. The van der Waals surface area contributed by atoms with Gasteiger partial charge < -0.3 is 19.9 Å². The Morgan fingerprint density at radius 2 is 1.87 bits per heavy atom. The Morgan fingerprint density at radius 1 is 1.17 bits per heavy atom. The van der Waals surface area contributed by atoms with E-state index in [1.54, 1.807) is 14.2 Å². The number of hydrogen-bond donors (Lipinski definition) is 2. The summed E-state index contributed by atoms with van der Waals surface area (Å²) >= 11 is 0. The molecule has 1 saturated carbocycles. The first-order chi connectivity index (χ1) is 10.9. The number of rotatable bonds is 6. The Labute approximate surface area is 140 Å². The van der Waals surface area contributed by atoms with Gasteiger partial charge in [0.15, 0.2) is 11.5 Å². The minimum absolute atomic E-state index is 0.104. The molecule has 130 valence electrons. The molecule has 2 rings (SSSR count). The van der Waals surface area contributed by atoms with Gasteiger partial charge in [-0.25, -0.2) is 0 Å². The van der Waals surface area contributed by atoms with Crippen molar-refractivity contribution >= 4 is 0 Å². The van der Waals surface area contributed by atoms with Gasteiger partial charge in [-0.15, -0.1) is 0 Å². The molecular formula is C19H31NO3. The van der Waals surface area contributed by atoms with Gasteiger partial charge in [-0.05, 0) is 50.3 Å². The Hall–Kier alpha value is -1.26. The first-order valence-electron chi connectivity index (χ1n) is 8.51. The zero-order valence-corrected chi connectivity index (χ0v) is 15.1. The number of aliphatic hydroxyl groups is 1. The molecule has 4 heteroatoms. The summed E-state index contributed by atoms with van der Waals surface area (Å²) in [6.07, 6.45) is 2.97. The number of aliphatic hydroxyl groups excluding tert-OH is 1. The number of nitrogens with one attached hydrogen (secondary N) is 1. The summed E-state index contributed by atoms with van der Waals surface area (Å²) in [5, 5.41) is 14.1. The average Bonchev–Trinajstić information content (AvgIpc) is 2.52. The highest BCUT2D eigenvalue weighted by Gasteiger charge is 2.37. The highest BCUT2D eigenvalue weighted by Crippen LogP contribution is 2.36. The van der Waals surface area contributed by atoms with Crippen molar-refractivity contribution in [3.63, 3.8) is 0 Å². The van der Waals surface area contributed by atoms with Crippen molar-refractivity contribution in [3.8, 4) is 11.5 Å². The fourth-order valence-electron chi connectivity index (χ4n) is 3.64. The molecule has 0 unspecified atom stereocenters. The van der Waals surface area contributed by atoms with Gasteiger partial charge in [0, 0.05) is 18.0 Å². The Kier molecular flexibility index (Phi) is 5.93. The van der Waals surface area contributed by atoms with Crippen LogP contribution in [0.2, 0.25) is 0 Å². The second-order valence-corrected chi connectivity index (χ2v) is 7.36. The summed E-state index contributed by atoms with van der Waals surface area (Å²) in [6, 6.07) is 5.98. The fourth-order valence-corrected chi connectivity index (χ4v) is 3.64. The van der Waals surface area contributed by atoms with E-state index in [9.17, 15) is 5.11 Å². The van der Waals surface area contributed by atoms with Gasteiger partial charge in [0.2, 0.25) is 0 Å². The third-order valence-electron chi connectivity index (χ3n) is 5.20. The molecule has 0 spiro atoms. The van der Waals surface area contributed by atoms with Crippen molar-refractivity contribution in [2.75, 3.05) is 14.2 Å². The maximum absolute atomic E-state index is 10.4. The molecule has 0 aliphatic heterocycles. The normalized spacial score (nSPS) is 25.2. The summed E-state index contributed by atoms with van der Waals surface area (Å²) in [5.41, 5.74) is 1.04. The summed E-state index contributed by atoms with van der Waals surface area (Å²) in [5.74, 6) is 2.41. The topological polar surface area (TPSA) is 50.7 Å². The maximum Gasteiger partial charge on any atom is 0.161 e. The van der Waals surface area contributed by atoms with Crippen molar-refractivity contribution in [3.05, 3.63) is 23.8 Å². The van der Waals surface area contributed by atoms with Gasteiger partial charge in [0.25, 0.3) is 0 Å². The van der Waals surface area contributed by atoms with Gasteiger partial charge >= 0.3 is 0 Å². The SMILES string of the molecule is COc1ccc(CNC(C)(C)[C@@H]2CC[C@@H](C)C[C@H]2O)cc1OC. The third kappa shape index (κ3) is 4.39. The highest BCUT2D eigenvalue weighted by atomic mass is 16.5. The van der Waals surface area contributed by atoms with Crippen LogP contribution in [-0.2, 0) is 6.54 Å². The van der Waals surface area contributed by atoms with Crippen LogP contribution in [0.25, 0.3) is 0 Å². The van der Waals surface area contributed by atoms with E-state index in [1.807, 2.05) is 18.2 Å². The predicted molar refractivity (Wildman–Crippen MR) is 93.0 cm³/mol. The van der Waals surface area contributed by atoms with E-state index in [2.05, 4.69) is 26.1 Å². The first kappa shape index (κ1) is 18.1. The number of ether oxygens (including phenoxy) is 2. The molecule has 1 aliphatic carbocycles. The molecule has 0 heterocycles. The highest BCUT2D eigenvalue weighted by molar-refractivity contribution is 5.42. The van der Waals surface area contributed by atoms with Gasteiger partial charge in [0.1, 0.15) is 0 Å². The van der Waals surface area contributed by atoms with E-state index >= 15 is 0 Å². The third-order valence-corrected chi connectivity index (χ3v) is 5.20. The van der Waals surface area contributed by atoms with Crippen LogP contribution >= 0.6 is 0 Å². The van der Waals surface area contributed by atoms with E-state index in [-0.39, 0.29) is 11.6 Å². The van der Waals surface area contributed by atoms with Gasteiger partial charge in [-0.1, -0.05) is 19.4 Å². The van der Waals surface area contributed by atoms with Crippen LogP contribution < -0.4 is 14.8 Å². The largest absolute Gasteiger partial charge is 0.493 e. The van der Waals surface area contributed by atoms with E-state index < -0.39 is 0 Å². The van der Waals surface area contributed by atoms with Crippen LogP contribution in [0, 0.1) is 11.8 Å². The lowest BCUT2D eigenvalue weighted by Gasteiger charge is -2.42. The molecule has 0 radical (unpaired) electrons. The molecule has 4 nitrogen and oxygen atoms in total. The second kappa shape index (κ2) is 7.54. The van der Waals surface area contributed by atoms with Crippen molar-refractivity contribution in [2.24, 2.45) is 11.8 Å². The van der Waals surface area contributed by atoms with Crippen molar-refractivity contribution < 1.29 is 14.6 Å². The van der Waals surface area contributed by atoms with Gasteiger partial charge in [-0.2, -0.15) is 0 Å². The molecular weight excluding hydrogens is 290 g/mol. The molecule has 1 aromatic rings. The molecule has 1 aliphatic rings. The fraction of sp³-hybridized carbons (Fsp3) is 0.684. The molecule has 0 bridgehead atoms. The van der Waals surface area contributed by atoms with E-state index in [0.29, 0.717) is 11.8 Å². The molecule has 0 aromatic heterocycles. The predicted octanol–water partition coefficient (Wildman–Crippen LogP) is 3.37. The van der Waals surface area contributed by atoms with Crippen molar-refractivity contribution in [1.29, 1.82) is 0 Å². The number of methoxy groups -OCH3 is 2. The zero-order valence-electron chi connectivity index (χ0n) is 15.1. The molecule has 1 fully saturated rings. The Bertz CT molecular complexity index is 515. The molecule has 0 saturated heterocycles. The lowest BCUT2D eigenvalue weighted by molar-refractivity contribution is 0.00555. The van der Waals surface area contributed by atoms with E-state index in [4.69, 9.17) is 9.47 Å². The Balaban J connectivity index is 2.01. The molecule has 23 heavy (non-hydrogen) atoms. The van der Waals surface area contributed by atoms with Crippen LogP contribution in [-0.4, -0.2) is 31.0 Å². The second-order valence-electron chi connectivity index (χ2n) is 7.36. The Morgan fingerprint density at radius 3 is 2.48 bits per heavy atom. The lowest BCUT2D eigenvalue weighted by Crippen LogP contribution is -2.51. The number of benzene rings is 1. The lowest BCUT2D eigenvalue weighted by atomic mass is 9.72. The quantitative estimate of drug-likeness (QED) is 0.843. The minimum Gasteiger partial charge on any atom is -0.493 e. The first-order valence-corrected chi connectivity index (χ1v) is 8.51.